The first-order valence-corrected chi connectivity index (χ1v) is 18.8. The highest BCUT2D eigenvalue weighted by atomic mass is 32.2. The molecule has 230 valence electrons. The van der Waals surface area contributed by atoms with Crippen molar-refractivity contribution in [3.8, 4) is 11.6 Å². The molecule has 0 aliphatic heterocycles. The molecule has 1 N–H and O–H groups in total. The fourth-order valence-corrected chi connectivity index (χ4v) is 6.29. The number of methoxy groups -OCH3 is 1. The van der Waals surface area contributed by atoms with E-state index < -0.39 is 64.2 Å². The maximum Gasteiger partial charge on any atom is 0.267 e. The van der Waals surface area contributed by atoms with Gasteiger partial charge in [0.2, 0.25) is 5.88 Å². The summed E-state index contributed by atoms with van der Waals surface area (Å²) in [7, 11) is -4.63. The van der Waals surface area contributed by atoms with E-state index in [1.807, 2.05) is 4.72 Å². The van der Waals surface area contributed by atoms with E-state index in [2.05, 4.69) is 29.6 Å². The SMILES string of the molecule is COc1ncc(F)cc1S(=O)(=O)Nc1ccc(F)c(COc2cnc3c(c2)c(C2CC2)nn3COCC[Si](C)(C)C)c1F. The Kier molecular flexibility index (Phi) is 8.67. The number of fused-ring (bicyclic) bond motifs is 1. The van der Waals surface area contributed by atoms with E-state index in [0.29, 0.717) is 24.2 Å². The number of rotatable bonds is 13. The predicted molar refractivity (Wildman–Crippen MR) is 156 cm³/mol. The van der Waals surface area contributed by atoms with Crippen molar-refractivity contribution in [3.05, 3.63) is 65.4 Å². The Morgan fingerprint density at radius 2 is 1.86 bits per heavy atom. The number of hydrogen-bond donors (Lipinski definition) is 1. The minimum Gasteiger partial charge on any atom is -0.487 e. The number of hydrogen-bond acceptors (Lipinski definition) is 8. The Morgan fingerprint density at radius 3 is 2.56 bits per heavy atom. The third kappa shape index (κ3) is 7.10. The van der Waals surface area contributed by atoms with Crippen molar-refractivity contribution in [3.63, 3.8) is 0 Å². The molecule has 0 saturated heterocycles. The molecule has 1 fully saturated rings. The van der Waals surface area contributed by atoms with E-state index in [4.69, 9.17) is 19.3 Å². The first-order valence-electron chi connectivity index (χ1n) is 13.6. The van der Waals surface area contributed by atoms with Gasteiger partial charge in [-0.2, -0.15) is 5.10 Å². The average Bonchev–Trinajstić information content (AvgIpc) is 3.73. The topological polar surface area (TPSA) is 117 Å². The van der Waals surface area contributed by atoms with Crippen molar-refractivity contribution in [2.24, 2.45) is 0 Å². The summed E-state index contributed by atoms with van der Waals surface area (Å²) in [5.41, 5.74) is 0.418. The van der Waals surface area contributed by atoms with Gasteiger partial charge in [0.05, 0.1) is 36.4 Å². The first-order chi connectivity index (χ1) is 20.4. The van der Waals surface area contributed by atoms with Gasteiger partial charge in [0.1, 0.15) is 30.7 Å². The summed E-state index contributed by atoms with van der Waals surface area (Å²) in [6.07, 6.45) is 4.22. The molecule has 43 heavy (non-hydrogen) atoms. The van der Waals surface area contributed by atoms with Crippen molar-refractivity contribution in [2.45, 2.75) is 62.7 Å². The lowest BCUT2D eigenvalue weighted by Gasteiger charge is -2.15. The van der Waals surface area contributed by atoms with E-state index in [1.165, 1.54) is 6.20 Å². The Bertz CT molecular complexity index is 1760. The number of benzene rings is 1. The molecule has 4 aromatic rings. The molecular formula is C28H32F3N5O5SSi. The molecule has 0 spiro atoms. The Labute approximate surface area is 248 Å². The number of aromatic nitrogens is 4. The molecule has 15 heteroatoms. The molecule has 3 aromatic heterocycles. The second kappa shape index (κ2) is 12.1. The highest BCUT2D eigenvalue weighted by Crippen LogP contribution is 2.42. The van der Waals surface area contributed by atoms with Crippen LogP contribution in [0.3, 0.4) is 0 Å². The third-order valence-electron chi connectivity index (χ3n) is 6.85. The zero-order valence-corrected chi connectivity index (χ0v) is 26.0. The fraction of sp³-hybridized carbons (Fsp3) is 0.393. The second-order valence-corrected chi connectivity index (χ2v) is 18.8. The average molecular weight is 636 g/mol. The van der Waals surface area contributed by atoms with Gasteiger partial charge in [0, 0.05) is 32.1 Å². The molecule has 5 rings (SSSR count). The van der Waals surface area contributed by atoms with Gasteiger partial charge in [0.15, 0.2) is 16.4 Å². The standard InChI is InChI=1S/C28H32F3N5O5SSi/c1-39-28-24(11-18(29)13-33-28)42(37,38)35-23-8-7-22(30)21(25(23)31)15-41-19-12-20-26(17-5-6-17)34-36(27(20)32-14-19)16-40-9-10-43(2,3)4/h7-8,11-14,17,35H,5-6,9-10,15-16H2,1-4H3. The molecule has 0 radical (unpaired) electrons. The molecule has 0 bridgehead atoms. The summed E-state index contributed by atoms with van der Waals surface area (Å²) in [6, 6.07) is 5.26. The van der Waals surface area contributed by atoms with E-state index in [-0.39, 0.29) is 12.5 Å². The quantitative estimate of drug-likeness (QED) is 0.144. The van der Waals surface area contributed by atoms with Crippen LogP contribution in [-0.4, -0.2) is 50.0 Å². The predicted octanol–water partition coefficient (Wildman–Crippen LogP) is 5.82. The molecule has 0 unspecified atom stereocenters. The highest BCUT2D eigenvalue weighted by molar-refractivity contribution is 7.92. The zero-order valence-electron chi connectivity index (χ0n) is 24.2. The lowest BCUT2D eigenvalue weighted by Crippen LogP contribution is -2.22. The first kappa shape index (κ1) is 30.8. The van der Waals surface area contributed by atoms with Crippen molar-refractivity contribution in [2.75, 3.05) is 18.4 Å². The summed E-state index contributed by atoms with van der Waals surface area (Å²) in [4.78, 5) is 7.43. The van der Waals surface area contributed by atoms with Gasteiger partial charge in [-0.05, 0) is 37.1 Å². The minimum atomic E-state index is -4.55. The molecule has 10 nitrogen and oxygen atoms in total. The van der Waals surface area contributed by atoms with Gasteiger partial charge in [0.25, 0.3) is 10.0 Å². The number of sulfonamides is 1. The van der Waals surface area contributed by atoms with E-state index in [1.54, 1.807) is 10.7 Å². The van der Waals surface area contributed by atoms with E-state index in [9.17, 15) is 17.2 Å². The van der Waals surface area contributed by atoms with Crippen molar-refractivity contribution in [1.29, 1.82) is 0 Å². The number of nitrogens with one attached hydrogen (secondary N) is 1. The summed E-state index contributed by atoms with van der Waals surface area (Å²) in [5.74, 6) is -2.91. The Balaban J connectivity index is 1.34. The van der Waals surface area contributed by atoms with Crippen LogP contribution in [0, 0.1) is 17.5 Å². The molecule has 3 heterocycles. The number of pyridine rings is 2. The molecule has 1 aliphatic rings. The molecule has 1 saturated carbocycles. The smallest absolute Gasteiger partial charge is 0.267 e. The van der Waals surface area contributed by atoms with Crippen LogP contribution in [0.4, 0.5) is 18.9 Å². The molecule has 0 atom stereocenters. The number of nitrogens with zero attached hydrogens (tertiary/aromatic N) is 4. The second-order valence-electron chi connectivity index (χ2n) is 11.5. The summed E-state index contributed by atoms with van der Waals surface area (Å²) in [6.45, 7) is 7.18. The largest absolute Gasteiger partial charge is 0.487 e. The van der Waals surface area contributed by atoms with E-state index in [0.717, 1.165) is 55.4 Å². The number of halogens is 3. The van der Waals surface area contributed by atoms with Crippen LogP contribution in [0.25, 0.3) is 11.0 Å². The summed E-state index contributed by atoms with van der Waals surface area (Å²) >= 11 is 0. The van der Waals surface area contributed by atoms with Gasteiger partial charge < -0.3 is 14.2 Å². The van der Waals surface area contributed by atoms with Crippen LogP contribution >= 0.6 is 0 Å². The van der Waals surface area contributed by atoms with Crippen LogP contribution in [0.1, 0.15) is 30.0 Å². The minimum absolute atomic E-state index is 0.258. The molecular weight excluding hydrogens is 603 g/mol. The van der Waals surface area contributed by atoms with Crippen LogP contribution < -0.4 is 14.2 Å². The molecule has 1 aliphatic carbocycles. The van der Waals surface area contributed by atoms with Crippen LogP contribution in [-0.2, 0) is 28.1 Å². The van der Waals surface area contributed by atoms with Gasteiger partial charge in [-0.25, -0.2) is 36.2 Å². The van der Waals surface area contributed by atoms with Gasteiger partial charge in [-0.1, -0.05) is 19.6 Å². The maximum absolute atomic E-state index is 15.4. The molecule has 1 aromatic carbocycles. The van der Waals surface area contributed by atoms with Gasteiger partial charge in [-0.3, -0.25) is 4.72 Å². The zero-order chi connectivity index (χ0) is 30.9. The van der Waals surface area contributed by atoms with Gasteiger partial charge in [-0.15, -0.1) is 0 Å². The normalized spacial score (nSPS) is 13.8. The monoisotopic (exact) mass is 635 g/mol. The van der Waals surface area contributed by atoms with Crippen molar-refractivity contribution in [1.82, 2.24) is 19.7 Å². The lowest BCUT2D eigenvalue weighted by molar-refractivity contribution is 0.0810. The fourth-order valence-electron chi connectivity index (χ4n) is 4.34. The highest BCUT2D eigenvalue weighted by Gasteiger charge is 2.30. The van der Waals surface area contributed by atoms with Crippen LogP contribution in [0.2, 0.25) is 25.7 Å². The van der Waals surface area contributed by atoms with E-state index >= 15 is 4.39 Å². The lowest BCUT2D eigenvalue weighted by atomic mass is 10.2. The maximum atomic E-state index is 15.4. The van der Waals surface area contributed by atoms with Gasteiger partial charge >= 0.3 is 0 Å². The molecule has 0 amide bonds. The Morgan fingerprint density at radius 1 is 1.09 bits per heavy atom. The number of ether oxygens (including phenoxy) is 3. The van der Waals surface area contributed by atoms with Crippen molar-refractivity contribution >= 4 is 34.8 Å². The third-order valence-corrected chi connectivity index (χ3v) is 9.91. The summed E-state index contributed by atoms with van der Waals surface area (Å²) < 4.78 is 89.8. The summed E-state index contributed by atoms with van der Waals surface area (Å²) in [5, 5.41) is 5.50. The Hall–Kier alpha value is -3.69. The van der Waals surface area contributed by atoms with Crippen molar-refractivity contribution < 1.29 is 35.8 Å². The van der Waals surface area contributed by atoms with Crippen LogP contribution in [0.15, 0.2) is 41.6 Å². The van der Waals surface area contributed by atoms with Crippen LogP contribution in [0.5, 0.6) is 11.6 Å². The number of anilines is 1.